The minimum absolute atomic E-state index is 0.0489. The molecule has 132 valence electrons. The summed E-state index contributed by atoms with van der Waals surface area (Å²) in [7, 11) is 0. The Balaban J connectivity index is 1.40. The molecule has 4 rings (SSSR count). The third-order valence-electron chi connectivity index (χ3n) is 4.30. The van der Waals surface area contributed by atoms with Gasteiger partial charge in [-0.2, -0.15) is 0 Å². The lowest BCUT2D eigenvalue weighted by Crippen LogP contribution is -2.29. The minimum Gasteiger partial charge on any atom is -0.354 e. The van der Waals surface area contributed by atoms with Gasteiger partial charge in [-0.1, -0.05) is 18.2 Å². The van der Waals surface area contributed by atoms with Crippen LogP contribution >= 0.6 is 11.3 Å². The third-order valence-corrected chi connectivity index (χ3v) is 5.18. The van der Waals surface area contributed by atoms with Crippen LogP contribution in [0.15, 0.2) is 52.8 Å². The first-order chi connectivity index (χ1) is 12.6. The molecule has 1 amide bonds. The number of nitrogens with one attached hydrogen (secondary N) is 1. The van der Waals surface area contributed by atoms with Crippen molar-refractivity contribution in [2.45, 2.75) is 19.9 Å². The van der Waals surface area contributed by atoms with Crippen LogP contribution in [0.1, 0.15) is 11.4 Å². The average molecular weight is 366 g/mol. The number of aromatic nitrogens is 3. The second-order valence-corrected chi connectivity index (χ2v) is 7.02. The highest BCUT2D eigenvalue weighted by atomic mass is 32.1. The fraction of sp³-hybridized carbons (Fsp3) is 0.211. The lowest BCUT2D eigenvalue weighted by atomic mass is 10.2. The molecule has 0 bridgehead atoms. The Morgan fingerprint density at radius 2 is 2.12 bits per heavy atom. The van der Waals surface area contributed by atoms with Crippen molar-refractivity contribution in [2.75, 3.05) is 6.54 Å². The number of fused-ring (bicyclic) bond motifs is 2. The van der Waals surface area contributed by atoms with Gasteiger partial charge in [-0.15, -0.1) is 11.3 Å². The van der Waals surface area contributed by atoms with Crippen LogP contribution in [0.25, 0.3) is 15.9 Å². The van der Waals surface area contributed by atoms with Crippen molar-refractivity contribution in [1.29, 1.82) is 0 Å². The molecule has 3 heterocycles. The van der Waals surface area contributed by atoms with Crippen LogP contribution < -0.4 is 10.9 Å². The van der Waals surface area contributed by atoms with Crippen LogP contribution in [0, 0.1) is 6.92 Å². The highest BCUT2D eigenvalue weighted by molar-refractivity contribution is 7.15. The normalized spacial score (nSPS) is 11.3. The summed E-state index contributed by atoms with van der Waals surface area (Å²) in [5.74, 6) is -0.0489. The van der Waals surface area contributed by atoms with Crippen LogP contribution in [0.5, 0.6) is 0 Å². The van der Waals surface area contributed by atoms with E-state index < -0.39 is 0 Å². The Morgan fingerprint density at radius 3 is 3.00 bits per heavy atom. The number of carbonyl (C=O) groups excluding carboxylic acids is 1. The molecule has 0 unspecified atom stereocenters. The molecule has 3 aromatic heterocycles. The van der Waals surface area contributed by atoms with E-state index in [-0.39, 0.29) is 18.0 Å². The molecule has 0 aliphatic rings. The van der Waals surface area contributed by atoms with Crippen LogP contribution in [-0.2, 0) is 17.8 Å². The molecule has 0 saturated carbocycles. The maximum atomic E-state index is 12.2. The predicted molar refractivity (Wildman–Crippen MR) is 103 cm³/mol. The summed E-state index contributed by atoms with van der Waals surface area (Å²) in [6.45, 7) is 2.56. The number of amides is 1. The summed E-state index contributed by atoms with van der Waals surface area (Å²) >= 11 is 1.44. The Kier molecular flexibility index (Phi) is 4.30. The number of nitrogens with zero attached hydrogens (tertiary/aromatic N) is 3. The monoisotopic (exact) mass is 366 g/mol. The zero-order chi connectivity index (χ0) is 18.1. The van der Waals surface area contributed by atoms with E-state index in [9.17, 15) is 9.59 Å². The number of carbonyl (C=O) groups is 1. The lowest BCUT2D eigenvalue weighted by Gasteiger charge is -2.07. The number of benzene rings is 1. The second-order valence-electron chi connectivity index (χ2n) is 6.18. The summed E-state index contributed by atoms with van der Waals surface area (Å²) in [5, 5.41) is 5.97. The number of para-hydroxylation sites is 1. The Morgan fingerprint density at radius 1 is 1.27 bits per heavy atom. The molecular formula is C19H18N4O2S. The fourth-order valence-electron chi connectivity index (χ4n) is 3.08. The van der Waals surface area contributed by atoms with Gasteiger partial charge in [-0.25, -0.2) is 4.98 Å². The number of hydrogen-bond donors (Lipinski definition) is 1. The van der Waals surface area contributed by atoms with E-state index >= 15 is 0 Å². The first kappa shape index (κ1) is 16.5. The summed E-state index contributed by atoms with van der Waals surface area (Å²) in [4.78, 5) is 29.5. The van der Waals surface area contributed by atoms with Gasteiger partial charge in [0.25, 0.3) is 5.56 Å². The molecule has 4 aromatic rings. The Hall–Kier alpha value is -2.93. The maximum Gasteiger partial charge on any atom is 0.258 e. The van der Waals surface area contributed by atoms with Gasteiger partial charge in [0, 0.05) is 47.5 Å². The molecular weight excluding hydrogens is 348 g/mol. The summed E-state index contributed by atoms with van der Waals surface area (Å²) < 4.78 is 3.55. The number of hydrogen-bond acceptors (Lipinski definition) is 4. The summed E-state index contributed by atoms with van der Waals surface area (Å²) in [6, 6.07) is 11.5. The fourth-order valence-corrected chi connectivity index (χ4v) is 4.05. The third kappa shape index (κ3) is 3.13. The highest BCUT2D eigenvalue weighted by Crippen LogP contribution is 2.15. The van der Waals surface area contributed by atoms with E-state index in [1.807, 2.05) is 53.4 Å². The van der Waals surface area contributed by atoms with Crippen LogP contribution in [-0.4, -0.2) is 26.4 Å². The van der Waals surface area contributed by atoms with E-state index in [4.69, 9.17) is 0 Å². The van der Waals surface area contributed by atoms with Crippen molar-refractivity contribution < 1.29 is 4.79 Å². The van der Waals surface area contributed by atoms with Crippen molar-refractivity contribution in [3.05, 3.63) is 69.7 Å². The highest BCUT2D eigenvalue weighted by Gasteiger charge is 2.09. The topological polar surface area (TPSA) is 68.4 Å². The predicted octanol–water partition coefficient (Wildman–Crippen LogP) is 2.38. The Labute approximate surface area is 153 Å². The van der Waals surface area contributed by atoms with Gasteiger partial charge < -0.3 is 9.88 Å². The SMILES string of the molecule is Cc1cc(=O)n2c(CCNC(=O)Cn3ccc4ccccc43)csc2n1. The quantitative estimate of drug-likeness (QED) is 0.590. The summed E-state index contributed by atoms with van der Waals surface area (Å²) in [6.07, 6.45) is 2.51. The van der Waals surface area contributed by atoms with Gasteiger partial charge in [0.2, 0.25) is 5.91 Å². The average Bonchev–Trinajstić information content (AvgIpc) is 3.20. The molecule has 1 aromatic carbocycles. The second kappa shape index (κ2) is 6.76. The first-order valence-electron chi connectivity index (χ1n) is 8.39. The number of thiazole rings is 1. The molecule has 6 nitrogen and oxygen atoms in total. The molecule has 0 saturated heterocycles. The molecule has 0 aliphatic heterocycles. The largest absolute Gasteiger partial charge is 0.354 e. The molecule has 26 heavy (non-hydrogen) atoms. The molecule has 0 radical (unpaired) electrons. The van der Waals surface area contributed by atoms with Gasteiger partial charge in [0.1, 0.15) is 6.54 Å². The summed E-state index contributed by atoms with van der Waals surface area (Å²) in [5.41, 5.74) is 2.55. The number of aryl methyl sites for hydroxylation is 1. The van der Waals surface area contributed by atoms with E-state index in [1.165, 1.54) is 17.4 Å². The molecule has 1 N–H and O–H groups in total. The van der Waals surface area contributed by atoms with Gasteiger partial charge in [-0.3, -0.25) is 14.0 Å². The van der Waals surface area contributed by atoms with Crippen LogP contribution in [0.3, 0.4) is 0 Å². The van der Waals surface area contributed by atoms with E-state index in [0.29, 0.717) is 17.9 Å². The van der Waals surface area contributed by atoms with Crippen molar-refractivity contribution >= 4 is 33.1 Å². The van der Waals surface area contributed by atoms with Crippen molar-refractivity contribution in [3.63, 3.8) is 0 Å². The zero-order valence-electron chi connectivity index (χ0n) is 14.3. The molecule has 0 fully saturated rings. The van der Waals surface area contributed by atoms with Crippen molar-refractivity contribution in [1.82, 2.24) is 19.3 Å². The maximum absolute atomic E-state index is 12.2. The van der Waals surface area contributed by atoms with Crippen molar-refractivity contribution in [2.24, 2.45) is 0 Å². The minimum atomic E-state index is -0.0751. The van der Waals surface area contributed by atoms with E-state index in [0.717, 1.165) is 22.3 Å². The van der Waals surface area contributed by atoms with Crippen LogP contribution in [0.2, 0.25) is 0 Å². The molecule has 0 atom stereocenters. The first-order valence-corrected chi connectivity index (χ1v) is 9.27. The van der Waals surface area contributed by atoms with E-state index in [1.54, 1.807) is 4.40 Å². The van der Waals surface area contributed by atoms with E-state index in [2.05, 4.69) is 10.3 Å². The lowest BCUT2D eigenvalue weighted by molar-refractivity contribution is -0.121. The van der Waals surface area contributed by atoms with Gasteiger partial charge in [0.05, 0.1) is 0 Å². The molecule has 0 spiro atoms. The smallest absolute Gasteiger partial charge is 0.258 e. The number of rotatable bonds is 5. The Bertz CT molecular complexity index is 1160. The molecule has 7 heteroatoms. The van der Waals surface area contributed by atoms with Gasteiger partial charge in [-0.05, 0) is 24.4 Å². The zero-order valence-corrected chi connectivity index (χ0v) is 15.1. The van der Waals surface area contributed by atoms with Crippen molar-refractivity contribution in [3.8, 4) is 0 Å². The van der Waals surface area contributed by atoms with Crippen LogP contribution in [0.4, 0.5) is 0 Å². The molecule has 0 aliphatic carbocycles. The van der Waals surface area contributed by atoms with Gasteiger partial charge in [0.15, 0.2) is 4.96 Å². The van der Waals surface area contributed by atoms with Gasteiger partial charge >= 0.3 is 0 Å². The standard InChI is InChI=1S/C19H18N4O2S/c1-13-10-18(25)23-15(12-26-19(23)21-13)6-8-20-17(24)11-22-9-7-14-4-2-3-5-16(14)22/h2-5,7,9-10,12H,6,8,11H2,1H3,(H,20,24).